The number of carbonyl (C=O) groups is 2. The van der Waals surface area contributed by atoms with Gasteiger partial charge in [0.1, 0.15) is 11.5 Å². The zero-order valence-corrected chi connectivity index (χ0v) is 27.1. The number of Topliss-reactive ketones (excluding diaryl/α,β-unsaturated/α-hetero) is 1. The molecular weight excluding hydrogens is 562 g/mol. The second-order valence-electron chi connectivity index (χ2n) is 12.3. The van der Waals surface area contributed by atoms with Gasteiger partial charge in [-0.05, 0) is 83.6 Å². The van der Waals surface area contributed by atoms with E-state index in [0.29, 0.717) is 41.9 Å². The summed E-state index contributed by atoms with van der Waals surface area (Å²) in [7, 11) is -2.12. The van der Waals surface area contributed by atoms with Gasteiger partial charge in [-0.25, -0.2) is 9.98 Å². The molecule has 0 bridgehead atoms. The van der Waals surface area contributed by atoms with Gasteiger partial charge in [0.25, 0.3) is 5.56 Å². The van der Waals surface area contributed by atoms with Crippen molar-refractivity contribution in [2.75, 3.05) is 31.5 Å². The number of ketones is 1. The molecule has 1 saturated carbocycles. The first-order chi connectivity index (χ1) is 20.4. The summed E-state index contributed by atoms with van der Waals surface area (Å²) in [5.41, 5.74) is 2.06. The smallest absolute Gasteiger partial charge is 0.263 e. The van der Waals surface area contributed by atoms with Gasteiger partial charge < -0.3 is 19.9 Å². The summed E-state index contributed by atoms with van der Waals surface area (Å²) in [4.78, 5) is 65.9. The Morgan fingerprint density at radius 1 is 1.14 bits per heavy atom. The molecule has 12 heteroatoms. The first-order valence-corrected chi connectivity index (χ1v) is 18.3. The third-order valence-corrected chi connectivity index (χ3v) is 10.0. The number of fused-ring (bicyclic) bond motifs is 1. The summed E-state index contributed by atoms with van der Waals surface area (Å²) in [6.45, 7) is 15.5. The Morgan fingerprint density at radius 3 is 2.40 bits per heavy atom. The molecule has 4 rings (SSSR count). The van der Waals surface area contributed by atoms with Crippen molar-refractivity contribution < 1.29 is 14.4 Å². The molecule has 2 aromatic heterocycles. The molecule has 11 nitrogen and oxygen atoms in total. The van der Waals surface area contributed by atoms with Crippen LogP contribution in [0.5, 0.6) is 0 Å². The monoisotopic (exact) mass is 607 g/mol. The number of allylic oxidation sites excluding steroid dienone is 3. The van der Waals surface area contributed by atoms with Gasteiger partial charge in [-0.1, -0.05) is 12.8 Å². The second-order valence-corrected chi connectivity index (χ2v) is 16.4. The predicted octanol–water partition coefficient (Wildman–Crippen LogP) is 4.40. The van der Waals surface area contributed by atoms with Gasteiger partial charge in [-0.2, -0.15) is 4.98 Å². The van der Waals surface area contributed by atoms with Crippen LogP contribution in [0.15, 0.2) is 39.7 Å². The summed E-state index contributed by atoms with van der Waals surface area (Å²) in [6.07, 6.45) is 10.4. The number of nitrogens with one attached hydrogen (secondary N) is 1. The number of carbonyl (C=O) groups excluding carboxylic acids is 2. The fourth-order valence-corrected chi connectivity index (χ4v) is 7.04. The number of rotatable bonds is 11. The van der Waals surface area contributed by atoms with Crippen molar-refractivity contribution in [3.05, 3.63) is 51.3 Å². The molecular formula is C31H45N7O4Si. The molecule has 1 aliphatic carbocycles. The highest BCUT2D eigenvalue weighted by molar-refractivity contribution is 6.69. The van der Waals surface area contributed by atoms with Crippen LogP contribution in [0.25, 0.3) is 11.0 Å². The fourth-order valence-electron chi connectivity index (χ4n) is 6.00. The molecule has 1 saturated heterocycles. The Balaban J connectivity index is 1.47. The minimum Gasteiger partial charge on any atom is -0.432 e. The highest BCUT2D eigenvalue weighted by Gasteiger charge is 2.26. The van der Waals surface area contributed by atoms with Gasteiger partial charge >= 0.3 is 0 Å². The number of aliphatic imine (C=N–C) groups is 1. The van der Waals surface area contributed by atoms with Gasteiger partial charge in [0.15, 0.2) is 14.1 Å². The van der Waals surface area contributed by atoms with E-state index in [0.717, 1.165) is 56.9 Å². The zero-order valence-electron chi connectivity index (χ0n) is 26.1. The quantitative estimate of drug-likeness (QED) is 0.166. The number of aryl methyl sites for hydroxylation is 1. The maximum atomic E-state index is 13.5. The number of anilines is 1. The van der Waals surface area contributed by atoms with Crippen molar-refractivity contribution in [3.63, 3.8) is 0 Å². The molecule has 0 radical (unpaired) electrons. The van der Waals surface area contributed by atoms with E-state index < -0.39 is 8.32 Å². The van der Waals surface area contributed by atoms with Crippen LogP contribution < -0.4 is 10.9 Å². The van der Waals surface area contributed by atoms with Crippen molar-refractivity contribution >= 4 is 43.7 Å². The zero-order chi connectivity index (χ0) is 31.3. The van der Waals surface area contributed by atoms with Crippen molar-refractivity contribution in [1.29, 1.82) is 0 Å². The number of nitrogens with zero attached hydrogens (tertiary/aromatic N) is 6. The molecule has 232 valence electrons. The Bertz CT molecular complexity index is 1490. The normalized spacial score (nSPS) is 17.1. The summed E-state index contributed by atoms with van der Waals surface area (Å²) in [6, 6.07) is 0.741. The molecule has 0 spiro atoms. The molecule has 2 fully saturated rings. The highest BCUT2D eigenvalue weighted by Crippen LogP contribution is 2.32. The van der Waals surface area contributed by atoms with Crippen molar-refractivity contribution in [1.82, 2.24) is 24.3 Å². The maximum absolute atomic E-state index is 13.5. The molecule has 1 amide bonds. The van der Waals surface area contributed by atoms with Crippen LogP contribution in [0.4, 0.5) is 5.95 Å². The average molecular weight is 608 g/mol. The van der Waals surface area contributed by atoms with E-state index in [-0.39, 0.29) is 34.8 Å². The number of aromatic nitrogens is 3. The average Bonchev–Trinajstić information content (AvgIpc) is 3.48. The van der Waals surface area contributed by atoms with Crippen LogP contribution in [0, 0.1) is 6.92 Å². The van der Waals surface area contributed by atoms with E-state index in [1.54, 1.807) is 17.7 Å². The van der Waals surface area contributed by atoms with E-state index in [2.05, 4.69) is 26.9 Å². The van der Waals surface area contributed by atoms with Gasteiger partial charge in [-0.15, -0.1) is 0 Å². The topological polar surface area (TPSA) is 133 Å². The lowest BCUT2D eigenvalue weighted by Crippen LogP contribution is -2.47. The Morgan fingerprint density at radius 2 is 1.79 bits per heavy atom. The van der Waals surface area contributed by atoms with Gasteiger partial charge in [0, 0.05) is 55.9 Å². The molecule has 0 aromatic carbocycles. The van der Waals surface area contributed by atoms with Crippen molar-refractivity contribution in [2.24, 2.45) is 4.99 Å². The van der Waals surface area contributed by atoms with Gasteiger partial charge in [0.2, 0.25) is 11.9 Å². The predicted molar refractivity (Wildman–Crippen MR) is 173 cm³/mol. The first kappa shape index (κ1) is 32.3. The van der Waals surface area contributed by atoms with Crippen molar-refractivity contribution in [2.45, 2.75) is 84.5 Å². The van der Waals surface area contributed by atoms with E-state index >= 15 is 0 Å². The van der Waals surface area contributed by atoms with E-state index in [4.69, 9.17) is 4.98 Å². The lowest BCUT2D eigenvalue weighted by molar-refractivity contribution is -0.132. The van der Waals surface area contributed by atoms with Crippen LogP contribution in [-0.2, 0) is 4.79 Å². The summed E-state index contributed by atoms with van der Waals surface area (Å²) >= 11 is 0. The SMILES string of the molecule is C=N/C(=C\C=C(/C)N1CCN(C(=O)CCC[Si](C)(C)O)CC1)Nc1ncc2c(C)c(C(C)=O)c(=O)n(C3CCCC3)c2n1. The van der Waals surface area contributed by atoms with Crippen LogP contribution in [0.1, 0.15) is 74.3 Å². The van der Waals surface area contributed by atoms with Crippen LogP contribution in [0.3, 0.4) is 0 Å². The Labute approximate surface area is 254 Å². The van der Waals surface area contributed by atoms with Crippen LogP contribution in [0.2, 0.25) is 19.1 Å². The third kappa shape index (κ3) is 7.85. The number of amides is 1. The molecule has 0 unspecified atom stereocenters. The van der Waals surface area contributed by atoms with Crippen LogP contribution >= 0.6 is 0 Å². The number of piperazine rings is 1. The number of hydrogen-bond acceptors (Lipinski definition) is 9. The number of hydrogen-bond donors (Lipinski definition) is 2. The minimum atomic E-state index is -2.12. The third-order valence-electron chi connectivity index (χ3n) is 8.45. The minimum absolute atomic E-state index is 0.000291. The fraction of sp³-hybridized carbons (Fsp3) is 0.548. The Hall–Kier alpha value is -3.64. The molecule has 3 heterocycles. The standard InChI is InChI=1S/C31H45N7O4Si/c1-21(36-15-17-37(18-16-36)27(40)12-9-19-43(5,6)42)13-14-26(32-4)34-31-33-20-25-22(2)28(23(3)39)30(41)38(29(25)35-31)24-10-7-8-11-24/h13-14,20,24,42H,4,7-12,15-19H2,1-3,5-6H3,(H,33,34,35)/b21-13+,26-14+. The van der Waals surface area contributed by atoms with E-state index in [1.165, 1.54) is 6.92 Å². The highest BCUT2D eigenvalue weighted by atomic mass is 28.4. The number of pyridine rings is 1. The lowest BCUT2D eigenvalue weighted by atomic mass is 10.0. The molecule has 2 aliphatic rings. The molecule has 0 atom stereocenters. The van der Waals surface area contributed by atoms with Gasteiger partial charge in [0.05, 0.1) is 5.56 Å². The first-order valence-electron chi connectivity index (χ1n) is 15.2. The van der Waals surface area contributed by atoms with E-state index in [1.807, 2.05) is 37.1 Å². The lowest BCUT2D eigenvalue weighted by Gasteiger charge is -2.36. The molecule has 2 aromatic rings. The Kier molecular flexibility index (Phi) is 10.3. The summed E-state index contributed by atoms with van der Waals surface area (Å²) in [5.74, 6) is 0.647. The summed E-state index contributed by atoms with van der Waals surface area (Å²) < 4.78 is 1.69. The van der Waals surface area contributed by atoms with Crippen molar-refractivity contribution in [3.8, 4) is 0 Å². The van der Waals surface area contributed by atoms with Gasteiger partial charge in [-0.3, -0.25) is 19.0 Å². The van der Waals surface area contributed by atoms with Crippen LogP contribution in [-0.4, -0.2) is 82.0 Å². The summed E-state index contributed by atoms with van der Waals surface area (Å²) in [5, 5.41) is 3.81. The maximum Gasteiger partial charge on any atom is 0.263 e. The largest absolute Gasteiger partial charge is 0.432 e. The molecule has 1 aliphatic heterocycles. The molecule has 43 heavy (non-hydrogen) atoms. The second kappa shape index (κ2) is 13.8. The molecule has 2 N–H and O–H groups in total. The van der Waals surface area contributed by atoms with E-state index in [9.17, 15) is 19.2 Å².